The molecule has 0 bridgehead atoms. The van der Waals surface area contributed by atoms with Crippen LogP contribution in [0, 0.1) is 0 Å². The fourth-order valence-electron chi connectivity index (χ4n) is 1.52. The van der Waals surface area contributed by atoms with Crippen molar-refractivity contribution in [2.75, 3.05) is 6.61 Å². The highest BCUT2D eigenvalue weighted by Crippen LogP contribution is 2.33. The van der Waals surface area contributed by atoms with E-state index in [-0.39, 0.29) is 6.61 Å². The summed E-state index contributed by atoms with van der Waals surface area (Å²) in [6.45, 7) is 0.759. The Labute approximate surface area is 110 Å². The molecule has 0 aliphatic heterocycles. The van der Waals surface area contributed by atoms with Crippen molar-refractivity contribution in [3.63, 3.8) is 0 Å². The first-order valence-corrected chi connectivity index (χ1v) is 5.48. The van der Waals surface area contributed by atoms with Crippen molar-refractivity contribution in [2.24, 2.45) is 5.73 Å². The van der Waals surface area contributed by atoms with Gasteiger partial charge in [-0.1, -0.05) is 0 Å². The first-order chi connectivity index (χ1) is 9.22. The number of carbonyl (C=O) groups excluding carboxylic acids is 1. The number of nitrogens with two attached hydrogens (primary N) is 1. The van der Waals surface area contributed by atoms with Gasteiger partial charge in [0.25, 0.3) is 6.43 Å². The Balaban J connectivity index is 3.53. The molecule has 0 radical (unpaired) electrons. The molecular formula is C11H11F5N2O2. The van der Waals surface area contributed by atoms with Gasteiger partial charge in [0.15, 0.2) is 0 Å². The van der Waals surface area contributed by atoms with E-state index in [0.717, 1.165) is 0 Å². The van der Waals surface area contributed by atoms with E-state index in [1.54, 1.807) is 0 Å². The zero-order valence-electron chi connectivity index (χ0n) is 10.3. The normalized spacial score (nSPS) is 11.8. The molecule has 1 heterocycles. The van der Waals surface area contributed by atoms with Gasteiger partial charge >= 0.3 is 12.1 Å². The lowest BCUT2D eigenvalue weighted by Crippen LogP contribution is -2.19. The quantitative estimate of drug-likeness (QED) is 0.685. The second kappa shape index (κ2) is 6.12. The number of pyridine rings is 1. The molecule has 0 aliphatic carbocycles. The SMILES string of the molecule is CCOC(=O)c1cc(C(F)(F)F)nc(C(F)F)c1CN. The summed E-state index contributed by atoms with van der Waals surface area (Å²) < 4.78 is 67.9. The Morgan fingerprint density at radius 2 is 2.05 bits per heavy atom. The van der Waals surface area contributed by atoms with Crippen molar-refractivity contribution in [1.29, 1.82) is 0 Å². The molecule has 1 aromatic heterocycles. The van der Waals surface area contributed by atoms with Crippen LogP contribution in [0.4, 0.5) is 22.0 Å². The first kappa shape index (κ1) is 16.3. The number of hydrogen-bond acceptors (Lipinski definition) is 4. The maximum atomic E-state index is 12.8. The number of carbonyl (C=O) groups is 1. The van der Waals surface area contributed by atoms with E-state index in [9.17, 15) is 26.7 Å². The number of nitrogens with zero attached hydrogens (tertiary/aromatic N) is 1. The van der Waals surface area contributed by atoms with Gasteiger partial charge in [-0.05, 0) is 13.0 Å². The number of halogens is 5. The minimum absolute atomic E-state index is 0.115. The summed E-state index contributed by atoms with van der Waals surface area (Å²) in [4.78, 5) is 14.4. The van der Waals surface area contributed by atoms with E-state index >= 15 is 0 Å². The molecule has 112 valence electrons. The molecule has 0 amide bonds. The Morgan fingerprint density at radius 3 is 2.45 bits per heavy atom. The van der Waals surface area contributed by atoms with Gasteiger partial charge in [-0.25, -0.2) is 18.6 Å². The van der Waals surface area contributed by atoms with Crippen LogP contribution in [-0.4, -0.2) is 17.6 Å². The average Bonchev–Trinajstić information content (AvgIpc) is 2.36. The standard InChI is InChI=1S/C11H11F5N2O2/c1-2-20-10(19)5-3-7(11(14,15)16)18-8(9(12)13)6(5)4-17/h3,9H,2,4,17H2,1H3. The van der Waals surface area contributed by atoms with Gasteiger partial charge in [0.1, 0.15) is 11.4 Å². The van der Waals surface area contributed by atoms with Gasteiger partial charge in [0.05, 0.1) is 12.2 Å². The van der Waals surface area contributed by atoms with Crippen LogP contribution in [-0.2, 0) is 17.5 Å². The highest BCUT2D eigenvalue weighted by Gasteiger charge is 2.36. The molecule has 1 rings (SSSR count). The molecule has 4 nitrogen and oxygen atoms in total. The molecule has 0 saturated carbocycles. The topological polar surface area (TPSA) is 65.2 Å². The minimum atomic E-state index is -4.96. The van der Waals surface area contributed by atoms with Crippen molar-refractivity contribution in [1.82, 2.24) is 4.98 Å². The summed E-state index contributed by atoms with van der Waals surface area (Å²) >= 11 is 0. The highest BCUT2D eigenvalue weighted by atomic mass is 19.4. The van der Waals surface area contributed by atoms with Gasteiger partial charge in [-0.15, -0.1) is 0 Å². The zero-order valence-corrected chi connectivity index (χ0v) is 10.3. The highest BCUT2D eigenvalue weighted by molar-refractivity contribution is 5.91. The molecule has 0 unspecified atom stereocenters. The van der Waals surface area contributed by atoms with Crippen molar-refractivity contribution in [3.8, 4) is 0 Å². The number of aromatic nitrogens is 1. The lowest BCUT2D eigenvalue weighted by atomic mass is 10.0. The smallest absolute Gasteiger partial charge is 0.433 e. The number of ether oxygens (including phenoxy) is 1. The molecule has 20 heavy (non-hydrogen) atoms. The predicted octanol–water partition coefficient (Wildman–Crippen LogP) is 2.67. The maximum Gasteiger partial charge on any atom is 0.433 e. The second-order valence-corrected chi connectivity index (χ2v) is 3.64. The van der Waals surface area contributed by atoms with Crippen LogP contribution < -0.4 is 5.73 Å². The fraction of sp³-hybridized carbons (Fsp3) is 0.455. The predicted molar refractivity (Wildman–Crippen MR) is 58.0 cm³/mol. The van der Waals surface area contributed by atoms with Gasteiger partial charge < -0.3 is 10.5 Å². The third kappa shape index (κ3) is 3.41. The molecule has 0 spiro atoms. The number of hydrogen-bond donors (Lipinski definition) is 1. The van der Waals surface area contributed by atoms with Crippen LogP contribution in [0.3, 0.4) is 0 Å². The molecule has 9 heteroatoms. The lowest BCUT2D eigenvalue weighted by Gasteiger charge is -2.15. The number of alkyl halides is 5. The van der Waals surface area contributed by atoms with Crippen LogP contribution in [0.5, 0.6) is 0 Å². The Hall–Kier alpha value is -1.77. The fourth-order valence-corrected chi connectivity index (χ4v) is 1.52. The molecule has 0 aromatic carbocycles. The summed E-state index contributed by atoms with van der Waals surface area (Å²) in [6, 6.07) is 0.367. The van der Waals surface area contributed by atoms with E-state index in [4.69, 9.17) is 5.73 Å². The number of esters is 1. The summed E-state index contributed by atoms with van der Waals surface area (Å²) in [5.41, 5.74) is 1.37. The molecule has 2 N–H and O–H groups in total. The summed E-state index contributed by atoms with van der Waals surface area (Å²) in [5, 5.41) is 0. The zero-order chi connectivity index (χ0) is 15.5. The van der Waals surface area contributed by atoms with E-state index < -0.39 is 47.6 Å². The molecule has 0 saturated heterocycles. The third-order valence-corrected chi connectivity index (χ3v) is 2.35. The van der Waals surface area contributed by atoms with E-state index in [2.05, 4.69) is 9.72 Å². The van der Waals surface area contributed by atoms with Crippen molar-refractivity contribution in [2.45, 2.75) is 26.1 Å². The summed E-state index contributed by atoms with van der Waals surface area (Å²) in [7, 11) is 0. The third-order valence-electron chi connectivity index (χ3n) is 2.35. The molecule has 0 aliphatic rings. The minimum Gasteiger partial charge on any atom is -0.462 e. The largest absolute Gasteiger partial charge is 0.462 e. The Bertz CT molecular complexity index is 502. The van der Waals surface area contributed by atoms with Gasteiger partial charge in [-0.2, -0.15) is 13.2 Å². The van der Waals surface area contributed by atoms with Gasteiger partial charge in [0.2, 0.25) is 0 Å². The summed E-state index contributed by atoms with van der Waals surface area (Å²) in [5.74, 6) is -1.15. The van der Waals surface area contributed by atoms with E-state index in [1.807, 2.05) is 0 Å². The van der Waals surface area contributed by atoms with Crippen LogP contribution in [0.25, 0.3) is 0 Å². The lowest BCUT2D eigenvalue weighted by molar-refractivity contribution is -0.141. The molecule has 0 atom stereocenters. The van der Waals surface area contributed by atoms with E-state index in [1.165, 1.54) is 6.92 Å². The molecule has 1 aromatic rings. The Kier molecular flexibility index (Phi) is 4.98. The second-order valence-electron chi connectivity index (χ2n) is 3.64. The summed E-state index contributed by atoms with van der Waals surface area (Å²) in [6.07, 6.45) is -8.25. The Morgan fingerprint density at radius 1 is 1.45 bits per heavy atom. The maximum absolute atomic E-state index is 12.8. The average molecular weight is 298 g/mol. The van der Waals surface area contributed by atoms with Crippen LogP contribution in [0.2, 0.25) is 0 Å². The van der Waals surface area contributed by atoms with Gasteiger partial charge in [-0.3, -0.25) is 0 Å². The van der Waals surface area contributed by atoms with Crippen molar-refractivity contribution < 1.29 is 31.5 Å². The monoisotopic (exact) mass is 298 g/mol. The van der Waals surface area contributed by atoms with E-state index in [0.29, 0.717) is 6.07 Å². The first-order valence-electron chi connectivity index (χ1n) is 5.48. The van der Waals surface area contributed by atoms with Gasteiger partial charge in [0, 0.05) is 12.1 Å². The van der Waals surface area contributed by atoms with Crippen LogP contribution in [0.15, 0.2) is 6.07 Å². The van der Waals surface area contributed by atoms with Crippen molar-refractivity contribution >= 4 is 5.97 Å². The van der Waals surface area contributed by atoms with Crippen molar-refractivity contribution in [3.05, 3.63) is 28.6 Å². The van der Waals surface area contributed by atoms with Crippen LogP contribution in [0.1, 0.15) is 40.7 Å². The number of rotatable bonds is 4. The molecule has 0 fully saturated rings. The molecular weight excluding hydrogens is 287 g/mol. The van der Waals surface area contributed by atoms with Crippen LogP contribution >= 0.6 is 0 Å².